The van der Waals surface area contributed by atoms with E-state index < -0.39 is 16.6 Å². The Morgan fingerprint density at radius 1 is 0.793 bits per heavy atom. The summed E-state index contributed by atoms with van der Waals surface area (Å²) in [5.41, 5.74) is 1.42. The van der Waals surface area contributed by atoms with Crippen molar-refractivity contribution in [3.05, 3.63) is 11.6 Å². The molecule has 1 aliphatic rings. The van der Waals surface area contributed by atoms with Crippen LogP contribution in [-0.2, 0) is 13.6 Å². The van der Waals surface area contributed by atoms with Crippen LogP contribution in [0.2, 0.25) is 39.3 Å². The smallest absolute Gasteiger partial charge is 0.184 e. The van der Waals surface area contributed by atoms with Gasteiger partial charge in [0.1, 0.15) is 0 Å². The second-order valence-electron chi connectivity index (χ2n) is 11.2. The maximum atomic E-state index is 6.74. The van der Waals surface area contributed by atoms with Gasteiger partial charge in [-0.3, -0.25) is 0 Å². The van der Waals surface area contributed by atoms with Crippen molar-refractivity contribution in [3.63, 3.8) is 0 Å². The molecule has 1 aliphatic carbocycles. The lowest BCUT2D eigenvalue weighted by molar-refractivity contribution is 0.122. The largest absolute Gasteiger partial charge is 0.414 e. The normalized spacial score (nSPS) is 25.4. The summed E-state index contributed by atoms with van der Waals surface area (Å²) in [4.78, 5) is 0. The van der Waals surface area contributed by atoms with Gasteiger partial charge in [0.25, 0.3) is 0 Å². The number of hydrogen-bond donors (Lipinski definition) is 0. The Hall–Kier alpha value is 0.0538. The lowest BCUT2D eigenvalue weighted by atomic mass is 9.86. The van der Waals surface area contributed by atoms with E-state index in [1.165, 1.54) is 44.1 Å². The molecule has 0 N–H and O–H groups in total. The second-order valence-corrected chi connectivity index (χ2v) is 20.1. The number of methoxy groups -OCH3 is 1. The minimum Gasteiger partial charge on any atom is -0.414 e. The fourth-order valence-electron chi connectivity index (χ4n) is 4.56. The molecule has 4 atom stereocenters. The number of rotatable bonds is 14. The molecule has 1 fully saturated rings. The summed E-state index contributed by atoms with van der Waals surface area (Å²) in [6.45, 7) is 19.3. The fourth-order valence-corrected chi connectivity index (χ4v) is 6.92. The Morgan fingerprint density at radius 3 is 1.83 bits per heavy atom. The summed E-state index contributed by atoms with van der Waals surface area (Å²) in [5, 5.41) is 0. The van der Waals surface area contributed by atoms with Gasteiger partial charge >= 0.3 is 0 Å². The van der Waals surface area contributed by atoms with Gasteiger partial charge < -0.3 is 13.6 Å². The zero-order valence-electron chi connectivity index (χ0n) is 21.0. The van der Waals surface area contributed by atoms with Gasteiger partial charge in [-0.15, -0.1) is 0 Å². The molecular formula is C24H50O3Si2. The average molecular weight is 443 g/mol. The number of unbranched alkanes of at least 4 members (excludes halogenated alkanes) is 4. The number of hydrogen-bond acceptors (Lipinski definition) is 3. The summed E-state index contributed by atoms with van der Waals surface area (Å²) < 4.78 is 18.6. The topological polar surface area (TPSA) is 27.7 Å². The molecule has 1 rings (SSSR count). The summed E-state index contributed by atoms with van der Waals surface area (Å²) in [7, 11) is -1.35. The molecule has 0 saturated heterocycles. The Morgan fingerprint density at radius 2 is 1.31 bits per heavy atom. The quantitative estimate of drug-likeness (QED) is 0.159. The van der Waals surface area contributed by atoms with Gasteiger partial charge in [0.2, 0.25) is 0 Å². The third-order valence-electron chi connectivity index (χ3n) is 5.66. The molecule has 0 spiro atoms. The minimum absolute atomic E-state index is 0.366. The van der Waals surface area contributed by atoms with E-state index in [2.05, 4.69) is 59.2 Å². The van der Waals surface area contributed by atoms with E-state index in [1.807, 2.05) is 0 Å². The van der Waals surface area contributed by atoms with E-state index in [0.29, 0.717) is 24.0 Å². The minimum atomic E-state index is -1.57. The van der Waals surface area contributed by atoms with E-state index in [-0.39, 0.29) is 0 Å². The van der Waals surface area contributed by atoms with Crippen molar-refractivity contribution in [2.24, 2.45) is 11.8 Å². The molecule has 0 aliphatic heterocycles. The third-order valence-corrected chi connectivity index (χ3v) is 7.68. The van der Waals surface area contributed by atoms with Gasteiger partial charge in [0.15, 0.2) is 16.6 Å². The van der Waals surface area contributed by atoms with E-state index in [9.17, 15) is 0 Å². The fraction of sp³-hybridized carbons (Fsp3) is 0.917. The van der Waals surface area contributed by atoms with Crippen LogP contribution in [0.4, 0.5) is 0 Å². The SMILES string of the molecule is COCCCCCCC[C@@H]1[C@H](CC=C(C)C)[C@@H](O[Si](C)(C)C)C[C@H]1O[Si](C)(C)C. The van der Waals surface area contributed by atoms with Gasteiger partial charge in [0.05, 0.1) is 12.2 Å². The van der Waals surface area contributed by atoms with Gasteiger partial charge in [-0.25, -0.2) is 0 Å². The van der Waals surface area contributed by atoms with Crippen molar-refractivity contribution < 1.29 is 13.6 Å². The zero-order valence-corrected chi connectivity index (χ0v) is 23.0. The molecule has 0 radical (unpaired) electrons. The molecule has 0 amide bonds. The van der Waals surface area contributed by atoms with Crippen molar-refractivity contribution in [2.45, 2.75) is 117 Å². The van der Waals surface area contributed by atoms with Crippen LogP contribution in [0.15, 0.2) is 11.6 Å². The molecule has 0 aromatic rings. The highest BCUT2D eigenvalue weighted by Gasteiger charge is 2.45. The lowest BCUT2D eigenvalue weighted by Crippen LogP contribution is -2.35. The third kappa shape index (κ3) is 11.9. The van der Waals surface area contributed by atoms with Gasteiger partial charge in [-0.1, -0.05) is 37.3 Å². The molecule has 29 heavy (non-hydrogen) atoms. The molecular weight excluding hydrogens is 392 g/mol. The van der Waals surface area contributed by atoms with Crippen molar-refractivity contribution in [1.29, 1.82) is 0 Å². The van der Waals surface area contributed by atoms with E-state index >= 15 is 0 Å². The Labute approximate surface area is 184 Å². The van der Waals surface area contributed by atoms with Gasteiger partial charge in [-0.2, -0.15) is 0 Å². The lowest BCUT2D eigenvalue weighted by Gasteiger charge is -2.31. The molecule has 0 unspecified atom stereocenters. The standard InChI is InChI=1S/C24H50O3Si2/c1-20(2)16-17-22-21(15-13-11-10-12-14-18-25-3)23(26-28(4,5)6)19-24(22)27-29(7,8)9/h16,21-24H,10-15,17-19H2,1-9H3/t21-,22+,23-,24+/m1/s1. The highest BCUT2D eigenvalue weighted by Crippen LogP contribution is 2.43. The molecule has 5 heteroatoms. The molecule has 0 heterocycles. The first kappa shape index (κ1) is 27.1. The van der Waals surface area contributed by atoms with Crippen molar-refractivity contribution in [3.8, 4) is 0 Å². The maximum absolute atomic E-state index is 6.74. The Bertz CT molecular complexity index is 475. The van der Waals surface area contributed by atoms with E-state index in [4.69, 9.17) is 13.6 Å². The van der Waals surface area contributed by atoms with Gasteiger partial charge in [-0.05, 0) is 90.6 Å². The van der Waals surface area contributed by atoms with Crippen LogP contribution in [0.3, 0.4) is 0 Å². The zero-order chi connectivity index (χ0) is 22.1. The highest BCUT2D eigenvalue weighted by atomic mass is 28.4. The summed E-state index contributed by atoms with van der Waals surface area (Å²) in [6.07, 6.45) is 13.1. The summed E-state index contributed by atoms with van der Waals surface area (Å²) in [5.74, 6) is 1.24. The van der Waals surface area contributed by atoms with Crippen LogP contribution in [0, 0.1) is 11.8 Å². The van der Waals surface area contributed by atoms with Crippen LogP contribution >= 0.6 is 0 Å². The number of allylic oxidation sites excluding steroid dienone is 2. The molecule has 0 bridgehead atoms. The summed E-state index contributed by atoms with van der Waals surface area (Å²) in [6, 6.07) is 0. The van der Waals surface area contributed by atoms with Crippen LogP contribution in [0.25, 0.3) is 0 Å². The monoisotopic (exact) mass is 442 g/mol. The average Bonchev–Trinajstić information content (AvgIpc) is 2.84. The second kappa shape index (κ2) is 12.8. The Balaban J connectivity index is 2.82. The number of ether oxygens (including phenoxy) is 1. The molecule has 1 saturated carbocycles. The Kier molecular flexibility index (Phi) is 12.0. The predicted molar refractivity (Wildman–Crippen MR) is 132 cm³/mol. The highest BCUT2D eigenvalue weighted by molar-refractivity contribution is 6.70. The van der Waals surface area contributed by atoms with E-state index in [0.717, 1.165) is 19.4 Å². The van der Waals surface area contributed by atoms with Crippen LogP contribution in [0.5, 0.6) is 0 Å². The van der Waals surface area contributed by atoms with Crippen LogP contribution in [0.1, 0.15) is 65.2 Å². The van der Waals surface area contributed by atoms with Crippen molar-refractivity contribution in [1.82, 2.24) is 0 Å². The molecule has 3 nitrogen and oxygen atoms in total. The first-order valence-corrected chi connectivity index (χ1v) is 18.7. The van der Waals surface area contributed by atoms with Crippen LogP contribution < -0.4 is 0 Å². The first-order valence-electron chi connectivity index (χ1n) is 11.9. The van der Waals surface area contributed by atoms with Crippen LogP contribution in [-0.4, -0.2) is 42.6 Å². The first-order chi connectivity index (χ1) is 13.4. The predicted octanol–water partition coefficient (Wildman–Crippen LogP) is 7.41. The molecule has 172 valence electrons. The van der Waals surface area contributed by atoms with Gasteiger partial charge in [0, 0.05) is 13.7 Å². The maximum Gasteiger partial charge on any atom is 0.184 e. The van der Waals surface area contributed by atoms with Crippen molar-refractivity contribution in [2.75, 3.05) is 13.7 Å². The molecule has 0 aromatic carbocycles. The summed E-state index contributed by atoms with van der Waals surface area (Å²) >= 11 is 0. The molecule has 0 aromatic heterocycles. The van der Waals surface area contributed by atoms with E-state index in [1.54, 1.807) is 7.11 Å². The van der Waals surface area contributed by atoms with Crippen molar-refractivity contribution >= 4 is 16.6 Å².